The third-order valence-electron chi connectivity index (χ3n) is 3.91. The number of thiazole rings is 1. The smallest absolute Gasteiger partial charge is 0.251 e. The van der Waals surface area contributed by atoms with Crippen molar-refractivity contribution in [1.82, 2.24) is 20.6 Å². The maximum atomic E-state index is 12.0. The molecule has 2 heterocycles. The van der Waals surface area contributed by atoms with Gasteiger partial charge in [0.05, 0.1) is 17.2 Å². The largest absolute Gasteiger partial charge is 0.355 e. The van der Waals surface area contributed by atoms with Crippen molar-refractivity contribution < 1.29 is 9.59 Å². The van der Waals surface area contributed by atoms with E-state index < -0.39 is 0 Å². The SMILES string of the molecule is O=C(CNC(=O)c1cccc(Cl)c1)NCCCc1nc(-c2ccncc2)cs1. The molecule has 6 nitrogen and oxygen atoms in total. The summed E-state index contributed by atoms with van der Waals surface area (Å²) in [6, 6.07) is 10.4. The monoisotopic (exact) mass is 414 g/mol. The van der Waals surface area contributed by atoms with Gasteiger partial charge in [-0.3, -0.25) is 14.6 Å². The Hall–Kier alpha value is -2.77. The predicted octanol–water partition coefficient (Wildman–Crippen LogP) is 3.34. The van der Waals surface area contributed by atoms with Crippen molar-refractivity contribution >= 4 is 34.8 Å². The summed E-state index contributed by atoms with van der Waals surface area (Å²) in [6.45, 7) is 0.449. The van der Waals surface area contributed by atoms with E-state index >= 15 is 0 Å². The molecule has 8 heteroatoms. The fourth-order valence-electron chi connectivity index (χ4n) is 2.50. The zero-order valence-electron chi connectivity index (χ0n) is 15.0. The Balaban J connectivity index is 1.36. The fraction of sp³-hybridized carbons (Fsp3) is 0.200. The highest BCUT2D eigenvalue weighted by Crippen LogP contribution is 2.21. The molecule has 2 aromatic heterocycles. The van der Waals surface area contributed by atoms with Gasteiger partial charge in [0, 0.05) is 46.9 Å². The molecule has 0 radical (unpaired) electrons. The predicted molar refractivity (Wildman–Crippen MR) is 110 cm³/mol. The van der Waals surface area contributed by atoms with Gasteiger partial charge in [-0.2, -0.15) is 0 Å². The summed E-state index contributed by atoms with van der Waals surface area (Å²) in [4.78, 5) is 32.5. The second-order valence-corrected chi connectivity index (χ2v) is 7.39. The summed E-state index contributed by atoms with van der Waals surface area (Å²) in [5.74, 6) is -0.559. The molecule has 0 fully saturated rings. The summed E-state index contributed by atoms with van der Waals surface area (Å²) in [5.41, 5.74) is 2.41. The van der Waals surface area contributed by atoms with E-state index in [-0.39, 0.29) is 18.4 Å². The number of halogens is 1. The van der Waals surface area contributed by atoms with Crippen molar-refractivity contribution in [3.63, 3.8) is 0 Å². The molecule has 0 aliphatic heterocycles. The molecule has 3 aromatic rings. The number of carbonyl (C=O) groups excluding carboxylic acids is 2. The first-order chi connectivity index (χ1) is 13.6. The van der Waals surface area contributed by atoms with Gasteiger partial charge in [0.25, 0.3) is 5.91 Å². The van der Waals surface area contributed by atoms with Gasteiger partial charge in [0.1, 0.15) is 0 Å². The lowest BCUT2D eigenvalue weighted by molar-refractivity contribution is -0.120. The van der Waals surface area contributed by atoms with Gasteiger partial charge in [-0.15, -0.1) is 11.3 Å². The highest BCUT2D eigenvalue weighted by molar-refractivity contribution is 7.09. The molecule has 0 atom stereocenters. The zero-order chi connectivity index (χ0) is 19.8. The maximum Gasteiger partial charge on any atom is 0.251 e. The summed E-state index contributed by atoms with van der Waals surface area (Å²) in [5, 5.41) is 8.90. The molecule has 0 saturated carbocycles. The molecule has 0 aliphatic carbocycles. The Morgan fingerprint density at radius 1 is 1.11 bits per heavy atom. The van der Waals surface area contributed by atoms with Crippen LogP contribution in [0.2, 0.25) is 5.02 Å². The minimum Gasteiger partial charge on any atom is -0.355 e. The first-order valence-corrected chi connectivity index (χ1v) is 10.0. The van der Waals surface area contributed by atoms with E-state index in [1.165, 1.54) is 0 Å². The first-order valence-electron chi connectivity index (χ1n) is 8.77. The number of amides is 2. The normalized spacial score (nSPS) is 10.5. The van der Waals surface area contributed by atoms with E-state index in [2.05, 4.69) is 20.6 Å². The van der Waals surface area contributed by atoms with Gasteiger partial charge in [-0.1, -0.05) is 17.7 Å². The molecule has 1 aromatic carbocycles. The Bertz CT molecular complexity index is 946. The Morgan fingerprint density at radius 3 is 2.71 bits per heavy atom. The first kappa shape index (κ1) is 20.0. The standard InChI is InChI=1S/C20H19ClN4O2S/c21-16-4-1-3-15(11-16)20(27)24-12-18(26)23-8-2-5-19-25-17(13-28-19)14-6-9-22-10-7-14/h1,3-4,6-7,9-11,13H,2,5,8,12H2,(H,23,26)(H,24,27). The minimum atomic E-state index is -0.330. The second-order valence-electron chi connectivity index (χ2n) is 6.01. The quantitative estimate of drug-likeness (QED) is 0.554. The number of pyridine rings is 1. The third kappa shape index (κ3) is 5.87. The average molecular weight is 415 g/mol. The number of nitrogens with zero attached hydrogens (tertiary/aromatic N) is 2. The summed E-state index contributed by atoms with van der Waals surface area (Å²) < 4.78 is 0. The Morgan fingerprint density at radius 2 is 1.93 bits per heavy atom. The number of hydrogen-bond donors (Lipinski definition) is 2. The van der Waals surface area contributed by atoms with Gasteiger partial charge in [0.2, 0.25) is 5.91 Å². The van der Waals surface area contributed by atoms with Gasteiger partial charge < -0.3 is 10.6 Å². The van der Waals surface area contributed by atoms with E-state index in [1.54, 1.807) is 48.0 Å². The summed E-state index contributed by atoms with van der Waals surface area (Å²) in [6.07, 6.45) is 5.05. The van der Waals surface area contributed by atoms with Crippen molar-refractivity contribution in [2.75, 3.05) is 13.1 Å². The molecule has 2 N–H and O–H groups in total. The van der Waals surface area contributed by atoms with Gasteiger partial charge in [0.15, 0.2) is 0 Å². The molecular formula is C20H19ClN4O2S. The van der Waals surface area contributed by atoms with Gasteiger partial charge in [-0.05, 0) is 36.8 Å². The van der Waals surface area contributed by atoms with Crippen molar-refractivity contribution in [3.8, 4) is 11.3 Å². The maximum absolute atomic E-state index is 12.0. The van der Waals surface area contributed by atoms with Crippen LogP contribution in [-0.4, -0.2) is 34.9 Å². The number of carbonyl (C=O) groups is 2. The van der Waals surface area contributed by atoms with E-state index in [4.69, 9.17) is 11.6 Å². The van der Waals surface area contributed by atoms with Crippen LogP contribution < -0.4 is 10.6 Å². The van der Waals surface area contributed by atoms with Gasteiger partial charge in [-0.25, -0.2) is 4.98 Å². The number of aromatic nitrogens is 2. The summed E-state index contributed by atoms with van der Waals surface area (Å²) in [7, 11) is 0. The highest BCUT2D eigenvalue weighted by atomic mass is 35.5. The Labute approximate surface area is 172 Å². The molecule has 2 amide bonds. The van der Waals surface area contributed by atoms with E-state index in [9.17, 15) is 9.59 Å². The van der Waals surface area contributed by atoms with E-state index in [0.29, 0.717) is 17.1 Å². The van der Waals surface area contributed by atoms with Crippen molar-refractivity contribution in [2.24, 2.45) is 0 Å². The van der Waals surface area contributed by atoms with E-state index in [1.807, 2.05) is 17.5 Å². The fourth-order valence-corrected chi connectivity index (χ4v) is 3.54. The molecule has 3 rings (SSSR count). The molecule has 28 heavy (non-hydrogen) atoms. The van der Waals surface area contributed by atoms with Crippen LogP contribution in [0.3, 0.4) is 0 Å². The average Bonchev–Trinajstić information content (AvgIpc) is 3.19. The minimum absolute atomic E-state index is 0.0746. The zero-order valence-corrected chi connectivity index (χ0v) is 16.6. The van der Waals surface area contributed by atoms with Crippen LogP contribution in [-0.2, 0) is 11.2 Å². The topological polar surface area (TPSA) is 84.0 Å². The van der Waals surface area contributed by atoms with Crippen molar-refractivity contribution in [1.29, 1.82) is 0 Å². The number of nitrogens with one attached hydrogen (secondary N) is 2. The Kier molecular flexibility index (Phi) is 7.11. The lowest BCUT2D eigenvalue weighted by Crippen LogP contribution is -2.37. The summed E-state index contributed by atoms with van der Waals surface area (Å²) >= 11 is 7.46. The molecule has 0 aliphatic rings. The van der Waals surface area contributed by atoms with Gasteiger partial charge >= 0.3 is 0 Å². The third-order valence-corrected chi connectivity index (χ3v) is 5.06. The van der Waals surface area contributed by atoms with Crippen LogP contribution in [0.1, 0.15) is 21.8 Å². The number of aryl methyl sites for hydroxylation is 1. The number of rotatable bonds is 8. The van der Waals surface area contributed by atoms with Crippen LogP contribution in [0.25, 0.3) is 11.3 Å². The van der Waals surface area contributed by atoms with Crippen LogP contribution in [0.15, 0.2) is 54.2 Å². The molecule has 0 bridgehead atoms. The second kappa shape index (κ2) is 9.96. The molecule has 0 saturated heterocycles. The highest BCUT2D eigenvalue weighted by Gasteiger charge is 2.09. The molecular weight excluding hydrogens is 396 g/mol. The van der Waals surface area contributed by atoms with E-state index in [0.717, 1.165) is 29.1 Å². The molecule has 0 unspecified atom stereocenters. The van der Waals surface area contributed by atoms with Crippen molar-refractivity contribution in [2.45, 2.75) is 12.8 Å². The lowest BCUT2D eigenvalue weighted by Gasteiger charge is -2.07. The van der Waals surface area contributed by atoms with Crippen LogP contribution >= 0.6 is 22.9 Å². The number of hydrogen-bond acceptors (Lipinski definition) is 5. The van der Waals surface area contributed by atoms with Crippen LogP contribution in [0.4, 0.5) is 0 Å². The number of benzene rings is 1. The molecule has 0 spiro atoms. The lowest BCUT2D eigenvalue weighted by atomic mass is 10.2. The van der Waals surface area contributed by atoms with Crippen LogP contribution in [0.5, 0.6) is 0 Å². The van der Waals surface area contributed by atoms with Crippen LogP contribution in [0, 0.1) is 0 Å². The van der Waals surface area contributed by atoms with Crippen molar-refractivity contribution in [3.05, 3.63) is 69.8 Å². The molecule has 144 valence electrons.